The molecule has 194 valence electrons. The van der Waals surface area contributed by atoms with Gasteiger partial charge in [0.25, 0.3) is 11.8 Å². The minimum absolute atomic E-state index is 0.188. The van der Waals surface area contributed by atoms with Crippen LogP contribution in [0.15, 0.2) is 66.7 Å². The van der Waals surface area contributed by atoms with Gasteiger partial charge in [0.1, 0.15) is 5.69 Å². The van der Waals surface area contributed by atoms with Crippen LogP contribution < -0.4 is 20.5 Å². The highest BCUT2D eigenvalue weighted by molar-refractivity contribution is 6.07. The highest BCUT2D eigenvalue weighted by atomic mass is 16.5. The monoisotopic (exact) mass is 510 g/mol. The van der Waals surface area contributed by atoms with Crippen molar-refractivity contribution in [2.45, 2.75) is 13.0 Å². The van der Waals surface area contributed by atoms with Gasteiger partial charge in [0.05, 0.1) is 19.9 Å². The lowest BCUT2D eigenvalue weighted by atomic mass is 9.98. The van der Waals surface area contributed by atoms with Gasteiger partial charge in [-0.15, -0.1) is 0 Å². The van der Waals surface area contributed by atoms with Gasteiger partial charge in [-0.25, -0.2) is 4.98 Å². The van der Waals surface area contributed by atoms with Crippen LogP contribution in [-0.4, -0.2) is 55.6 Å². The summed E-state index contributed by atoms with van der Waals surface area (Å²) < 4.78 is 10.9. The zero-order valence-electron chi connectivity index (χ0n) is 21.5. The Kier molecular flexibility index (Phi) is 7.24. The smallest absolute Gasteiger partial charge is 0.267 e. The molecule has 2 amide bonds. The third-order valence-corrected chi connectivity index (χ3v) is 6.93. The van der Waals surface area contributed by atoms with Crippen molar-refractivity contribution in [3.8, 4) is 22.8 Å². The number of fused-ring (bicyclic) bond motifs is 2. The van der Waals surface area contributed by atoms with E-state index in [1.165, 1.54) is 11.1 Å². The van der Waals surface area contributed by atoms with E-state index in [4.69, 9.17) is 15.2 Å². The summed E-state index contributed by atoms with van der Waals surface area (Å²) in [7, 11) is 3.28. The second-order valence-electron chi connectivity index (χ2n) is 9.25. The molecule has 0 unspecified atom stereocenters. The molecule has 0 fully saturated rings. The standard InChI is InChI=1S/C30H30N4O4/c1-37-26-16-19-11-13-34(18-21(19)17-27(26)38-2)14-12-32-30(36)24-10-6-5-9-23(24)25-15-20-7-3-4-8-22(20)28(33-25)29(31)35/h3-10,15-17H,11-14,18H2,1-2H3,(H2,31,35)(H,32,36). The van der Waals surface area contributed by atoms with Crippen LogP contribution in [0.4, 0.5) is 0 Å². The first-order valence-corrected chi connectivity index (χ1v) is 12.5. The van der Waals surface area contributed by atoms with E-state index in [1.807, 2.05) is 54.6 Å². The molecule has 38 heavy (non-hydrogen) atoms. The Bertz CT molecular complexity index is 1520. The third-order valence-electron chi connectivity index (χ3n) is 6.93. The Morgan fingerprint density at radius 1 is 0.974 bits per heavy atom. The highest BCUT2D eigenvalue weighted by Gasteiger charge is 2.20. The van der Waals surface area contributed by atoms with Crippen LogP contribution >= 0.6 is 0 Å². The number of hydrogen-bond donors (Lipinski definition) is 2. The van der Waals surface area contributed by atoms with Crippen LogP contribution in [0.25, 0.3) is 22.0 Å². The molecule has 0 aliphatic carbocycles. The van der Waals surface area contributed by atoms with Crippen molar-refractivity contribution < 1.29 is 19.1 Å². The summed E-state index contributed by atoms with van der Waals surface area (Å²) in [6.45, 7) is 2.88. The number of primary amides is 1. The lowest BCUT2D eigenvalue weighted by Crippen LogP contribution is -2.38. The average molecular weight is 511 g/mol. The second-order valence-corrected chi connectivity index (χ2v) is 9.25. The van der Waals surface area contributed by atoms with E-state index in [0.717, 1.165) is 36.4 Å². The maximum absolute atomic E-state index is 13.2. The summed E-state index contributed by atoms with van der Waals surface area (Å²) in [5, 5.41) is 4.57. The van der Waals surface area contributed by atoms with Crippen molar-refractivity contribution in [3.63, 3.8) is 0 Å². The van der Waals surface area contributed by atoms with Crippen LogP contribution in [0.3, 0.4) is 0 Å². The summed E-state index contributed by atoms with van der Waals surface area (Å²) in [6, 6.07) is 20.7. The van der Waals surface area contributed by atoms with E-state index in [1.54, 1.807) is 20.3 Å². The topological polar surface area (TPSA) is 107 Å². The van der Waals surface area contributed by atoms with Crippen molar-refractivity contribution in [1.29, 1.82) is 0 Å². The summed E-state index contributed by atoms with van der Waals surface area (Å²) in [5.74, 6) is 0.665. The van der Waals surface area contributed by atoms with Crippen LogP contribution in [0.5, 0.6) is 11.5 Å². The Balaban J connectivity index is 1.30. The zero-order valence-corrected chi connectivity index (χ0v) is 21.5. The van der Waals surface area contributed by atoms with Crippen molar-refractivity contribution in [3.05, 3.63) is 89.1 Å². The van der Waals surface area contributed by atoms with E-state index in [-0.39, 0.29) is 11.6 Å². The fourth-order valence-electron chi connectivity index (χ4n) is 4.98. The fourth-order valence-corrected chi connectivity index (χ4v) is 4.98. The molecule has 8 nitrogen and oxygen atoms in total. The van der Waals surface area contributed by atoms with Gasteiger partial charge in [-0.05, 0) is 47.2 Å². The van der Waals surface area contributed by atoms with Gasteiger partial charge >= 0.3 is 0 Å². The Hall–Kier alpha value is -4.43. The van der Waals surface area contributed by atoms with E-state index in [0.29, 0.717) is 35.3 Å². The maximum atomic E-state index is 13.2. The van der Waals surface area contributed by atoms with Gasteiger partial charge < -0.3 is 20.5 Å². The van der Waals surface area contributed by atoms with Gasteiger partial charge in [-0.3, -0.25) is 14.5 Å². The Morgan fingerprint density at radius 2 is 1.68 bits per heavy atom. The molecular formula is C30H30N4O4. The van der Waals surface area contributed by atoms with E-state index >= 15 is 0 Å². The van der Waals surface area contributed by atoms with Crippen molar-refractivity contribution in [2.75, 3.05) is 33.9 Å². The number of benzene rings is 3. The molecule has 0 saturated carbocycles. The number of carbonyl (C=O) groups excluding carboxylic acids is 2. The summed E-state index contributed by atoms with van der Waals surface area (Å²) in [6.07, 6.45) is 0.905. The molecule has 0 bridgehead atoms. The number of ether oxygens (including phenoxy) is 2. The number of hydrogen-bond acceptors (Lipinski definition) is 6. The molecule has 3 N–H and O–H groups in total. The minimum atomic E-state index is -0.607. The number of aromatic nitrogens is 1. The molecule has 1 aliphatic heterocycles. The van der Waals surface area contributed by atoms with Crippen molar-refractivity contribution >= 4 is 22.6 Å². The van der Waals surface area contributed by atoms with Gasteiger partial charge in [0, 0.05) is 42.7 Å². The number of nitrogens with zero attached hydrogens (tertiary/aromatic N) is 2. The van der Waals surface area contributed by atoms with Crippen molar-refractivity contribution in [1.82, 2.24) is 15.2 Å². The lowest BCUT2D eigenvalue weighted by Gasteiger charge is -2.29. The number of nitrogens with two attached hydrogens (primary N) is 1. The first kappa shape index (κ1) is 25.2. The van der Waals surface area contributed by atoms with E-state index < -0.39 is 5.91 Å². The molecule has 5 rings (SSSR count). The first-order chi connectivity index (χ1) is 18.5. The molecular weight excluding hydrogens is 480 g/mol. The molecule has 2 heterocycles. The Labute approximate surface area is 221 Å². The summed E-state index contributed by atoms with van der Waals surface area (Å²) >= 11 is 0. The number of nitrogens with one attached hydrogen (secondary N) is 1. The minimum Gasteiger partial charge on any atom is -0.493 e. The number of amides is 2. The molecule has 1 aliphatic rings. The quantitative estimate of drug-likeness (QED) is 0.373. The molecule has 1 aromatic heterocycles. The third kappa shape index (κ3) is 5.03. The predicted molar refractivity (Wildman–Crippen MR) is 147 cm³/mol. The number of carbonyl (C=O) groups is 2. The van der Waals surface area contributed by atoms with Gasteiger partial charge in [-0.1, -0.05) is 42.5 Å². The molecule has 0 saturated heterocycles. The molecule has 0 atom stereocenters. The van der Waals surface area contributed by atoms with E-state index in [2.05, 4.69) is 21.3 Å². The summed E-state index contributed by atoms with van der Waals surface area (Å²) in [4.78, 5) is 32.2. The van der Waals surface area contributed by atoms with Crippen LogP contribution in [-0.2, 0) is 13.0 Å². The van der Waals surface area contributed by atoms with Gasteiger partial charge in [0.2, 0.25) is 0 Å². The van der Waals surface area contributed by atoms with Crippen LogP contribution in [0.1, 0.15) is 32.0 Å². The average Bonchev–Trinajstić information content (AvgIpc) is 2.95. The second kappa shape index (κ2) is 10.9. The number of methoxy groups -OCH3 is 2. The largest absolute Gasteiger partial charge is 0.493 e. The van der Waals surface area contributed by atoms with Gasteiger partial charge in [-0.2, -0.15) is 0 Å². The molecule has 8 heteroatoms. The van der Waals surface area contributed by atoms with Crippen LogP contribution in [0.2, 0.25) is 0 Å². The van der Waals surface area contributed by atoms with E-state index in [9.17, 15) is 9.59 Å². The van der Waals surface area contributed by atoms with Crippen LogP contribution in [0, 0.1) is 0 Å². The highest BCUT2D eigenvalue weighted by Crippen LogP contribution is 2.33. The molecule has 4 aromatic rings. The predicted octanol–water partition coefficient (Wildman–Crippen LogP) is 3.81. The SMILES string of the molecule is COc1cc2c(cc1OC)CN(CCNC(=O)c1ccccc1-c1cc3ccccc3c(C(N)=O)n1)CC2. The summed E-state index contributed by atoms with van der Waals surface area (Å²) in [5.41, 5.74) is 9.94. The number of pyridine rings is 1. The lowest BCUT2D eigenvalue weighted by molar-refractivity contribution is 0.0947. The molecule has 0 radical (unpaired) electrons. The maximum Gasteiger partial charge on any atom is 0.267 e. The normalized spacial score (nSPS) is 13.1. The first-order valence-electron chi connectivity index (χ1n) is 12.5. The molecule has 0 spiro atoms. The van der Waals surface area contributed by atoms with Gasteiger partial charge in [0.15, 0.2) is 11.5 Å². The molecule has 3 aromatic carbocycles. The fraction of sp³-hybridized carbons (Fsp3) is 0.233. The van der Waals surface area contributed by atoms with Crippen molar-refractivity contribution in [2.24, 2.45) is 5.73 Å². The number of rotatable bonds is 8. The Morgan fingerprint density at radius 3 is 2.45 bits per heavy atom. The zero-order chi connectivity index (χ0) is 26.6.